The van der Waals surface area contributed by atoms with Crippen LogP contribution in [0.1, 0.15) is 33.1 Å². The second kappa shape index (κ2) is 4.88. The summed E-state index contributed by atoms with van der Waals surface area (Å²) >= 11 is 0. The molecule has 2 N–H and O–H groups in total. The van der Waals surface area contributed by atoms with E-state index in [1.807, 2.05) is 9.80 Å². The molecule has 2 fully saturated rings. The summed E-state index contributed by atoms with van der Waals surface area (Å²) in [6, 6.07) is -0.405. The summed E-state index contributed by atoms with van der Waals surface area (Å²) in [4.78, 5) is 27.0. The molecule has 2 heterocycles. The van der Waals surface area contributed by atoms with Crippen molar-refractivity contribution in [3.05, 3.63) is 0 Å². The van der Waals surface area contributed by atoms with Gasteiger partial charge in [-0.05, 0) is 31.6 Å². The van der Waals surface area contributed by atoms with Crippen molar-refractivity contribution < 1.29 is 9.59 Å². The number of piperidine rings is 1. The van der Waals surface area contributed by atoms with Crippen LogP contribution in [0.15, 0.2) is 0 Å². The Labute approximate surface area is 108 Å². The fourth-order valence-corrected chi connectivity index (χ4v) is 3.12. The summed E-state index contributed by atoms with van der Waals surface area (Å²) in [5.74, 6) is 0.215. The van der Waals surface area contributed by atoms with Gasteiger partial charge in [0.1, 0.15) is 0 Å². The first kappa shape index (κ1) is 13.3. The van der Waals surface area contributed by atoms with Crippen LogP contribution in [0.2, 0.25) is 0 Å². The lowest BCUT2D eigenvalue weighted by Crippen LogP contribution is -2.45. The fraction of sp³-hybridized carbons (Fsp3) is 0.846. The maximum Gasteiger partial charge on any atom is 0.239 e. The molecule has 5 nitrogen and oxygen atoms in total. The average molecular weight is 253 g/mol. The maximum atomic E-state index is 11.9. The molecule has 2 aliphatic heterocycles. The zero-order valence-corrected chi connectivity index (χ0v) is 11.3. The second-order valence-electron chi connectivity index (χ2n) is 5.80. The topological polar surface area (TPSA) is 66.6 Å². The zero-order valence-electron chi connectivity index (χ0n) is 11.3. The molecule has 2 rings (SSSR count). The quantitative estimate of drug-likeness (QED) is 0.725. The third-order valence-corrected chi connectivity index (χ3v) is 4.41. The molecule has 0 bridgehead atoms. The second-order valence-corrected chi connectivity index (χ2v) is 5.80. The van der Waals surface area contributed by atoms with Crippen LogP contribution in [-0.2, 0) is 9.59 Å². The smallest absolute Gasteiger partial charge is 0.239 e. The number of amides is 2. The number of carbonyl (C=O) groups is 2. The number of nitrogens with zero attached hydrogens (tertiary/aromatic N) is 2. The van der Waals surface area contributed by atoms with Gasteiger partial charge in [-0.1, -0.05) is 0 Å². The van der Waals surface area contributed by atoms with Gasteiger partial charge in [-0.25, -0.2) is 0 Å². The Morgan fingerprint density at radius 1 is 1.11 bits per heavy atom. The van der Waals surface area contributed by atoms with Crippen LogP contribution in [0.25, 0.3) is 0 Å². The Bertz CT molecular complexity index is 346. The van der Waals surface area contributed by atoms with Crippen molar-refractivity contribution in [3.63, 3.8) is 0 Å². The van der Waals surface area contributed by atoms with Crippen LogP contribution < -0.4 is 5.73 Å². The van der Waals surface area contributed by atoms with Crippen molar-refractivity contribution in [2.45, 2.75) is 39.2 Å². The highest BCUT2D eigenvalue weighted by molar-refractivity contribution is 5.81. The van der Waals surface area contributed by atoms with Crippen molar-refractivity contribution in [1.82, 2.24) is 9.80 Å². The minimum absolute atomic E-state index is 0.0564. The van der Waals surface area contributed by atoms with E-state index in [0.717, 1.165) is 45.4 Å². The normalized spacial score (nSPS) is 24.4. The van der Waals surface area contributed by atoms with Gasteiger partial charge in [0, 0.05) is 33.1 Å². The third kappa shape index (κ3) is 2.51. The van der Waals surface area contributed by atoms with Crippen molar-refractivity contribution in [3.8, 4) is 0 Å². The number of hydrogen-bond donors (Lipinski definition) is 1. The summed E-state index contributed by atoms with van der Waals surface area (Å²) in [6.45, 7) is 6.66. The fourth-order valence-electron chi connectivity index (χ4n) is 3.12. The van der Waals surface area contributed by atoms with E-state index in [0.29, 0.717) is 0 Å². The largest absolute Gasteiger partial charge is 0.343 e. The lowest BCUT2D eigenvalue weighted by Gasteiger charge is -2.39. The molecule has 1 atom stereocenters. The molecular formula is C13H23N3O2. The van der Waals surface area contributed by atoms with E-state index >= 15 is 0 Å². The first-order valence-corrected chi connectivity index (χ1v) is 6.73. The van der Waals surface area contributed by atoms with Crippen LogP contribution in [0, 0.1) is 5.41 Å². The molecule has 0 aromatic rings. The van der Waals surface area contributed by atoms with E-state index in [1.54, 1.807) is 13.8 Å². The van der Waals surface area contributed by atoms with Gasteiger partial charge in [-0.3, -0.25) is 9.59 Å². The Kier molecular flexibility index (Phi) is 3.61. The van der Waals surface area contributed by atoms with E-state index in [1.165, 1.54) is 0 Å². The Morgan fingerprint density at radius 2 is 1.61 bits per heavy atom. The number of rotatable bonds is 1. The predicted molar refractivity (Wildman–Crippen MR) is 68.8 cm³/mol. The highest BCUT2D eigenvalue weighted by atomic mass is 16.2. The van der Waals surface area contributed by atoms with Gasteiger partial charge in [0.05, 0.1) is 6.04 Å². The Balaban J connectivity index is 1.93. The summed E-state index contributed by atoms with van der Waals surface area (Å²) in [5.41, 5.74) is 5.88. The summed E-state index contributed by atoms with van der Waals surface area (Å²) in [7, 11) is 0. The van der Waals surface area contributed by atoms with Crippen molar-refractivity contribution in [2.75, 3.05) is 26.2 Å². The maximum absolute atomic E-state index is 11.9. The average Bonchev–Trinajstić information content (AvgIpc) is 2.72. The van der Waals surface area contributed by atoms with Crippen molar-refractivity contribution in [2.24, 2.45) is 11.1 Å². The van der Waals surface area contributed by atoms with E-state index in [9.17, 15) is 9.59 Å². The first-order chi connectivity index (χ1) is 8.43. The molecule has 2 saturated heterocycles. The standard InChI is InChI=1S/C13H23N3O2/c1-10(14)12(18)16-8-5-13(9-16)3-6-15(7-4-13)11(2)17/h10H,3-9,14H2,1-2H3/t10-/m0/s1. The monoisotopic (exact) mass is 253 g/mol. The molecular weight excluding hydrogens is 230 g/mol. The van der Waals surface area contributed by atoms with Gasteiger partial charge in [-0.15, -0.1) is 0 Å². The molecule has 0 radical (unpaired) electrons. The summed E-state index contributed by atoms with van der Waals surface area (Å²) in [5, 5.41) is 0. The molecule has 18 heavy (non-hydrogen) atoms. The molecule has 2 amide bonds. The predicted octanol–water partition coefficient (Wildman–Crippen LogP) is 0.195. The molecule has 0 aromatic carbocycles. The van der Waals surface area contributed by atoms with Gasteiger partial charge < -0.3 is 15.5 Å². The minimum Gasteiger partial charge on any atom is -0.343 e. The lowest BCUT2D eigenvalue weighted by molar-refractivity contribution is -0.133. The molecule has 5 heteroatoms. The number of nitrogens with two attached hydrogens (primary N) is 1. The van der Waals surface area contributed by atoms with E-state index in [4.69, 9.17) is 5.73 Å². The molecule has 2 aliphatic rings. The van der Waals surface area contributed by atoms with Crippen LogP contribution >= 0.6 is 0 Å². The first-order valence-electron chi connectivity index (χ1n) is 6.73. The van der Waals surface area contributed by atoms with Gasteiger partial charge in [0.25, 0.3) is 0 Å². The van der Waals surface area contributed by atoms with Gasteiger partial charge in [-0.2, -0.15) is 0 Å². The van der Waals surface area contributed by atoms with Crippen LogP contribution in [-0.4, -0.2) is 53.8 Å². The van der Waals surface area contributed by atoms with Gasteiger partial charge >= 0.3 is 0 Å². The number of hydrogen-bond acceptors (Lipinski definition) is 3. The molecule has 0 saturated carbocycles. The van der Waals surface area contributed by atoms with Crippen molar-refractivity contribution >= 4 is 11.8 Å². The molecule has 1 spiro atoms. The summed E-state index contributed by atoms with van der Waals surface area (Å²) < 4.78 is 0. The zero-order chi connectivity index (χ0) is 13.3. The molecule has 0 unspecified atom stereocenters. The van der Waals surface area contributed by atoms with Crippen molar-refractivity contribution in [1.29, 1.82) is 0 Å². The highest BCUT2D eigenvalue weighted by Crippen LogP contribution is 2.40. The lowest BCUT2D eigenvalue weighted by atomic mass is 9.78. The van der Waals surface area contributed by atoms with E-state index in [2.05, 4.69) is 0 Å². The number of likely N-dealkylation sites (tertiary alicyclic amines) is 2. The van der Waals surface area contributed by atoms with E-state index in [-0.39, 0.29) is 17.2 Å². The van der Waals surface area contributed by atoms with Gasteiger partial charge in [0.2, 0.25) is 11.8 Å². The SMILES string of the molecule is CC(=O)N1CCC2(CC1)CCN(C(=O)[C@H](C)N)C2. The third-order valence-electron chi connectivity index (χ3n) is 4.41. The van der Waals surface area contributed by atoms with Crippen LogP contribution in [0.5, 0.6) is 0 Å². The number of carbonyl (C=O) groups excluding carboxylic acids is 2. The van der Waals surface area contributed by atoms with Crippen LogP contribution in [0.4, 0.5) is 0 Å². The minimum atomic E-state index is -0.405. The molecule has 102 valence electrons. The molecule has 0 aromatic heterocycles. The Hall–Kier alpha value is -1.10. The summed E-state index contributed by atoms with van der Waals surface area (Å²) in [6.07, 6.45) is 3.07. The molecule has 0 aliphatic carbocycles. The van der Waals surface area contributed by atoms with E-state index < -0.39 is 6.04 Å². The van der Waals surface area contributed by atoms with Gasteiger partial charge in [0.15, 0.2) is 0 Å². The Morgan fingerprint density at radius 3 is 2.06 bits per heavy atom. The van der Waals surface area contributed by atoms with Crippen LogP contribution in [0.3, 0.4) is 0 Å². The highest BCUT2D eigenvalue weighted by Gasteiger charge is 2.42.